The van der Waals surface area contributed by atoms with Crippen molar-refractivity contribution in [3.05, 3.63) is 47.7 Å². The second-order valence-corrected chi connectivity index (χ2v) is 5.04. The maximum Gasteiger partial charge on any atom is 0.178 e. The molecule has 3 rings (SSSR count). The van der Waals surface area contributed by atoms with Gasteiger partial charge < -0.3 is 10.3 Å². The molecule has 0 saturated carbocycles. The van der Waals surface area contributed by atoms with Crippen LogP contribution >= 0.6 is 11.8 Å². The fourth-order valence-corrected chi connectivity index (χ4v) is 3.20. The lowest BCUT2D eigenvalue weighted by molar-refractivity contribution is 0.687. The first-order valence-electron chi connectivity index (χ1n) is 5.33. The summed E-state index contributed by atoms with van der Waals surface area (Å²) in [5, 5.41) is 0. The molecule has 1 aliphatic heterocycles. The fourth-order valence-electron chi connectivity index (χ4n) is 1.99. The Labute approximate surface area is 98.7 Å². The van der Waals surface area contributed by atoms with Crippen LogP contribution in [0.25, 0.3) is 0 Å². The van der Waals surface area contributed by atoms with Gasteiger partial charge in [-0.25, -0.2) is 4.99 Å². The molecule has 0 radical (unpaired) electrons. The van der Waals surface area contributed by atoms with Crippen molar-refractivity contribution in [1.29, 1.82) is 0 Å². The summed E-state index contributed by atoms with van der Waals surface area (Å²) in [6.07, 6.45) is 11.4. The molecule has 82 valence electrons. The number of thioether (sulfide) groups is 1. The van der Waals surface area contributed by atoms with Gasteiger partial charge in [-0.1, -0.05) is 30.0 Å². The lowest BCUT2D eigenvalue weighted by Gasteiger charge is -2.29. The van der Waals surface area contributed by atoms with Gasteiger partial charge in [0.1, 0.15) is 5.84 Å². The van der Waals surface area contributed by atoms with Crippen LogP contribution in [0.4, 0.5) is 0 Å². The van der Waals surface area contributed by atoms with Crippen LogP contribution in [0.3, 0.4) is 0 Å². The molecule has 4 heteroatoms. The highest BCUT2D eigenvalue weighted by Gasteiger charge is 2.28. The fraction of sp³-hybridized carbons (Fsp3) is 0.250. The highest BCUT2D eigenvalue weighted by molar-refractivity contribution is 8.03. The van der Waals surface area contributed by atoms with Crippen molar-refractivity contribution in [3.8, 4) is 0 Å². The Kier molecular flexibility index (Phi) is 2.36. The summed E-state index contributed by atoms with van der Waals surface area (Å²) in [7, 11) is 0. The highest BCUT2D eigenvalue weighted by Crippen LogP contribution is 2.42. The number of aromatic nitrogens is 1. The minimum Gasteiger partial charge on any atom is -0.387 e. The van der Waals surface area contributed by atoms with Crippen molar-refractivity contribution >= 4 is 17.6 Å². The third-order valence-electron chi connectivity index (χ3n) is 2.85. The van der Waals surface area contributed by atoms with Crippen LogP contribution in [0.2, 0.25) is 0 Å². The molecule has 2 N–H and O–H groups in total. The third-order valence-corrected chi connectivity index (χ3v) is 4.10. The molecular formula is C12H13N3S. The van der Waals surface area contributed by atoms with Crippen LogP contribution < -0.4 is 5.73 Å². The van der Waals surface area contributed by atoms with Gasteiger partial charge in [0.05, 0.1) is 5.92 Å². The summed E-state index contributed by atoms with van der Waals surface area (Å²) < 4.78 is 2.08. The average molecular weight is 231 g/mol. The minimum absolute atomic E-state index is 0.0593. The Morgan fingerprint density at radius 1 is 1.38 bits per heavy atom. The van der Waals surface area contributed by atoms with Crippen molar-refractivity contribution in [1.82, 2.24) is 4.57 Å². The smallest absolute Gasteiger partial charge is 0.178 e. The standard InChI is InChI=1S/C12H13N3S/c13-11-9-5-1-2-6-10(9)16-12(14-11)15-7-3-4-8-15/h1-4,6-9,12H,5H2,(H2,13,14). The maximum atomic E-state index is 6.03. The third kappa shape index (κ3) is 1.59. The predicted molar refractivity (Wildman–Crippen MR) is 68.0 cm³/mol. The normalized spacial score (nSPS) is 28.2. The molecule has 0 aromatic carbocycles. The molecule has 1 aromatic heterocycles. The van der Waals surface area contributed by atoms with Crippen LogP contribution in [-0.4, -0.2) is 10.4 Å². The lowest BCUT2D eigenvalue weighted by atomic mass is 9.99. The molecule has 0 fully saturated rings. The zero-order chi connectivity index (χ0) is 11.0. The average Bonchev–Trinajstić information content (AvgIpc) is 2.82. The summed E-state index contributed by atoms with van der Waals surface area (Å²) in [5.41, 5.74) is 6.09. The van der Waals surface area contributed by atoms with Crippen molar-refractivity contribution < 1.29 is 0 Å². The monoisotopic (exact) mass is 231 g/mol. The molecule has 0 bridgehead atoms. The molecule has 3 nitrogen and oxygen atoms in total. The van der Waals surface area contributed by atoms with Gasteiger partial charge in [0.2, 0.25) is 0 Å². The summed E-state index contributed by atoms with van der Waals surface area (Å²) in [6, 6.07) is 4.01. The van der Waals surface area contributed by atoms with Crippen molar-refractivity contribution in [2.24, 2.45) is 16.6 Å². The molecule has 0 saturated heterocycles. The number of hydrogen-bond donors (Lipinski definition) is 1. The van der Waals surface area contributed by atoms with Gasteiger partial charge in [-0.15, -0.1) is 0 Å². The van der Waals surface area contributed by atoms with E-state index in [2.05, 4.69) is 27.8 Å². The molecule has 16 heavy (non-hydrogen) atoms. The molecule has 2 heterocycles. The topological polar surface area (TPSA) is 43.3 Å². The first-order chi connectivity index (χ1) is 7.84. The van der Waals surface area contributed by atoms with Gasteiger partial charge >= 0.3 is 0 Å². The summed E-state index contributed by atoms with van der Waals surface area (Å²) in [5.74, 6) is 1.06. The minimum atomic E-state index is 0.0593. The molecule has 2 aliphatic rings. The van der Waals surface area contributed by atoms with Crippen LogP contribution in [-0.2, 0) is 0 Å². The van der Waals surface area contributed by atoms with E-state index in [1.807, 2.05) is 24.5 Å². The SMILES string of the molecule is NC1=NC(n2cccc2)SC2=CC=CCC21. The van der Waals surface area contributed by atoms with E-state index in [0.29, 0.717) is 5.92 Å². The number of aliphatic imine (C=N–C) groups is 1. The number of rotatable bonds is 1. The number of allylic oxidation sites excluding steroid dienone is 3. The largest absolute Gasteiger partial charge is 0.387 e. The number of nitrogens with zero attached hydrogens (tertiary/aromatic N) is 2. The molecular weight excluding hydrogens is 218 g/mol. The molecule has 0 spiro atoms. The zero-order valence-electron chi connectivity index (χ0n) is 8.78. The molecule has 0 amide bonds. The molecule has 1 aliphatic carbocycles. The van der Waals surface area contributed by atoms with Gasteiger partial charge in [0.15, 0.2) is 5.50 Å². The summed E-state index contributed by atoms with van der Waals surface area (Å²) >= 11 is 1.78. The van der Waals surface area contributed by atoms with Crippen molar-refractivity contribution in [2.45, 2.75) is 11.9 Å². The Hall–Kier alpha value is -1.42. The van der Waals surface area contributed by atoms with Crippen LogP contribution in [0, 0.1) is 5.92 Å². The predicted octanol–water partition coefficient (Wildman–Crippen LogP) is 2.51. The van der Waals surface area contributed by atoms with Crippen molar-refractivity contribution in [3.63, 3.8) is 0 Å². The first kappa shape index (κ1) is 9.78. The van der Waals surface area contributed by atoms with Crippen molar-refractivity contribution in [2.75, 3.05) is 0 Å². The van der Waals surface area contributed by atoms with Crippen LogP contribution in [0.5, 0.6) is 0 Å². The zero-order valence-corrected chi connectivity index (χ0v) is 9.60. The van der Waals surface area contributed by atoms with Gasteiger partial charge in [-0.3, -0.25) is 0 Å². The Morgan fingerprint density at radius 2 is 2.19 bits per heavy atom. The van der Waals surface area contributed by atoms with E-state index in [1.165, 1.54) is 4.91 Å². The lowest BCUT2D eigenvalue weighted by Crippen LogP contribution is -2.30. The second kappa shape index (κ2) is 3.87. The Balaban J connectivity index is 1.95. The van der Waals surface area contributed by atoms with Gasteiger partial charge in [0.25, 0.3) is 0 Å². The van der Waals surface area contributed by atoms with E-state index in [-0.39, 0.29) is 5.50 Å². The van der Waals surface area contributed by atoms with Crippen LogP contribution in [0.1, 0.15) is 11.9 Å². The van der Waals surface area contributed by atoms with Crippen LogP contribution in [0.15, 0.2) is 52.7 Å². The van der Waals surface area contributed by atoms with E-state index in [4.69, 9.17) is 5.73 Å². The molecule has 2 unspecified atom stereocenters. The Bertz CT molecular complexity index is 470. The van der Waals surface area contributed by atoms with E-state index in [0.717, 1.165) is 12.3 Å². The van der Waals surface area contributed by atoms with E-state index >= 15 is 0 Å². The maximum absolute atomic E-state index is 6.03. The Morgan fingerprint density at radius 3 is 3.00 bits per heavy atom. The number of amidine groups is 1. The summed E-state index contributed by atoms with van der Waals surface area (Å²) in [4.78, 5) is 5.88. The molecule has 2 atom stereocenters. The van der Waals surface area contributed by atoms with E-state index in [1.54, 1.807) is 11.8 Å². The van der Waals surface area contributed by atoms with Gasteiger partial charge in [0, 0.05) is 12.4 Å². The number of fused-ring (bicyclic) bond motifs is 1. The quantitative estimate of drug-likeness (QED) is 0.807. The van der Waals surface area contributed by atoms with E-state index < -0.39 is 0 Å². The second-order valence-electron chi connectivity index (χ2n) is 3.91. The van der Waals surface area contributed by atoms with Gasteiger partial charge in [-0.05, 0) is 23.5 Å². The number of nitrogens with two attached hydrogens (primary N) is 1. The van der Waals surface area contributed by atoms with Gasteiger partial charge in [-0.2, -0.15) is 0 Å². The number of hydrogen-bond acceptors (Lipinski definition) is 3. The van der Waals surface area contributed by atoms with E-state index in [9.17, 15) is 0 Å². The molecule has 1 aromatic rings. The first-order valence-corrected chi connectivity index (χ1v) is 6.21. The summed E-state index contributed by atoms with van der Waals surface area (Å²) in [6.45, 7) is 0. The highest BCUT2D eigenvalue weighted by atomic mass is 32.2.